The summed E-state index contributed by atoms with van der Waals surface area (Å²) in [5.74, 6) is 5.71. The Kier molecular flexibility index (Phi) is 6.23. The fraction of sp³-hybridized carbons (Fsp3) is 0.600. The van der Waals surface area contributed by atoms with Gasteiger partial charge in [-0.15, -0.1) is 0 Å². The zero-order valence-corrected chi connectivity index (χ0v) is 11.4. The van der Waals surface area contributed by atoms with Crippen LogP contribution in [-0.4, -0.2) is 0 Å². The van der Waals surface area contributed by atoms with Gasteiger partial charge in [0.15, 0.2) is 0 Å². The lowest BCUT2D eigenvalue weighted by Gasteiger charge is -2.20. The summed E-state index contributed by atoms with van der Waals surface area (Å²) < 4.78 is 0. The molecule has 0 aliphatic carbocycles. The molecule has 1 unspecified atom stereocenters. The molecule has 0 bridgehead atoms. The van der Waals surface area contributed by atoms with Gasteiger partial charge in [-0.1, -0.05) is 50.8 Å². The van der Waals surface area contributed by atoms with Gasteiger partial charge in [-0.05, 0) is 37.0 Å². The average molecular weight is 234 g/mol. The molecule has 2 heteroatoms. The van der Waals surface area contributed by atoms with Crippen LogP contribution >= 0.6 is 0 Å². The van der Waals surface area contributed by atoms with Crippen molar-refractivity contribution >= 4 is 0 Å². The van der Waals surface area contributed by atoms with E-state index in [1.807, 2.05) is 0 Å². The highest BCUT2D eigenvalue weighted by Gasteiger charge is 2.13. The minimum Gasteiger partial charge on any atom is -0.271 e. The molecule has 0 aromatic heterocycles. The summed E-state index contributed by atoms with van der Waals surface area (Å²) in [5.41, 5.74) is 7.03. The lowest BCUT2D eigenvalue weighted by Crippen LogP contribution is -2.29. The van der Waals surface area contributed by atoms with E-state index in [-0.39, 0.29) is 0 Å². The molecule has 2 nitrogen and oxygen atoms in total. The van der Waals surface area contributed by atoms with Crippen LogP contribution in [0.4, 0.5) is 0 Å². The molecule has 0 saturated heterocycles. The number of benzene rings is 1. The first-order valence-corrected chi connectivity index (χ1v) is 6.73. The van der Waals surface area contributed by atoms with E-state index in [4.69, 9.17) is 5.84 Å². The second kappa shape index (κ2) is 7.46. The Labute approximate surface area is 106 Å². The first kappa shape index (κ1) is 14.2. The average Bonchev–Trinajstić information content (AvgIpc) is 2.31. The number of nitrogens with one attached hydrogen (secondary N) is 1. The molecule has 1 atom stereocenters. The number of hydrogen-bond donors (Lipinski definition) is 2. The number of aryl methyl sites for hydroxylation is 2. The number of nitrogens with two attached hydrogens (primary N) is 1. The Morgan fingerprint density at radius 3 is 2.29 bits per heavy atom. The zero-order valence-electron chi connectivity index (χ0n) is 11.4. The second-order valence-electron chi connectivity index (χ2n) is 4.87. The fourth-order valence-electron chi connectivity index (χ4n) is 2.46. The van der Waals surface area contributed by atoms with Crippen molar-refractivity contribution in [3.63, 3.8) is 0 Å². The number of rotatable bonds is 7. The van der Waals surface area contributed by atoms with E-state index in [1.54, 1.807) is 0 Å². The molecular formula is C15H26N2. The summed E-state index contributed by atoms with van der Waals surface area (Å²) in [6, 6.07) is 6.74. The van der Waals surface area contributed by atoms with E-state index in [0.717, 1.165) is 6.42 Å². The van der Waals surface area contributed by atoms with Gasteiger partial charge in [-0.25, -0.2) is 0 Å². The minimum atomic E-state index is 0.299. The molecule has 1 aromatic carbocycles. The van der Waals surface area contributed by atoms with Crippen molar-refractivity contribution in [2.24, 2.45) is 5.84 Å². The molecule has 1 aromatic rings. The smallest absolute Gasteiger partial charge is 0.0465 e. The normalized spacial score (nSPS) is 12.7. The molecule has 0 heterocycles. The van der Waals surface area contributed by atoms with E-state index in [0.29, 0.717) is 6.04 Å². The van der Waals surface area contributed by atoms with Crippen molar-refractivity contribution < 1.29 is 0 Å². The standard InChI is InChI=1S/C15H26N2/c1-4-5-6-7-11-14(17-16)15-12(2)9-8-10-13(15)3/h8-10,14,17H,4-7,11,16H2,1-3H3. The third-order valence-electron chi connectivity index (χ3n) is 3.44. The van der Waals surface area contributed by atoms with E-state index in [1.165, 1.54) is 42.4 Å². The summed E-state index contributed by atoms with van der Waals surface area (Å²) in [6.45, 7) is 6.57. The van der Waals surface area contributed by atoms with Crippen molar-refractivity contribution in [1.29, 1.82) is 0 Å². The highest BCUT2D eigenvalue weighted by atomic mass is 15.2. The molecule has 0 fully saturated rings. The molecule has 0 saturated carbocycles. The number of hydrazine groups is 1. The van der Waals surface area contributed by atoms with Crippen molar-refractivity contribution in [1.82, 2.24) is 5.43 Å². The van der Waals surface area contributed by atoms with E-state index < -0.39 is 0 Å². The molecular weight excluding hydrogens is 208 g/mol. The van der Waals surface area contributed by atoms with Crippen molar-refractivity contribution in [3.05, 3.63) is 34.9 Å². The summed E-state index contributed by atoms with van der Waals surface area (Å²) in [6.07, 6.45) is 6.28. The van der Waals surface area contributed by atoms with E-state index in [9.17, 15) is 0 Å². The molecule has 3 N–H and O–H groups in total. The Morgan fingerprint density at radius 1 is 1.12 bits per heavy atom. The lowest BCUT2D eigenvalue weighted by molar-refractivity contribution is 0.478. The van der Waals surface area contributed by atoms with Gasteiger partial charge in [0.1, 0.15) is 0 Å². The molecule has 96 valence electrons. The Morgan fingerprint density at radius 2 is 1.76 bits per heavy atom. The summed E-state index contributed by atoms with van der Waals surface area (Å²) in [7, 11) is 0. The molecule has 0 aliphatic heterocycles. The predicted molar refractivity (Wildman–Crippen MR) is 74.7 cm³/mol. The van der Waals surface area contributed by atoms with Gasteiger partial charge in [0, 0.05) is 6.04 Å². The maximum absolute atomic E-state index is 5.71. The molecule has 17 heavy (non-hydrogen) atoms. The molecule has 0 spiro atoms. The summed E-state index contributed by atoms with van der Waals surface area (Å²) >= 11 is 0. The van der Waals surface area contributed by atoms with Crippen molar-refractivity contribution in [3.8, 4) is 0 Å². The van der Waals surface area contributed by atoms with Crippen LogP contribution in [0, 0.1) is 13.8 Å². The molecule has 0 amide bonds. The van der Waals surface area contributed by atoms with E-state index in [2.05, 4.69) is 44.4 Å². The fourth-order valence-corrected chi connectivity index (χ4v) is 2.46. The number of unbranched alkanes of at least 4 members (excludes halogenated alkanes) is 3. The summed E-state index contributed by atoms with van der Waals surface area (Å²) in [4.78, 5) is 0. The predicted octanol–water partition coefficient (Wildman–Crippen LogP) is 3.78. The Bertz CT molecular complexity index is 313. The van der Waals surface area contributed by atoms with Crippen LogP contribution in [-0.2, 0) is 0 Å². The van der Waals surface area contributed by atoms with Crippen LogP contribution in [0.25, 0.3) is 0 Å². The molecule has 0 aliphatic rings. The second-order valence-corrected chi connectivity index (χ2v) is 4.87. The summed E-state index contributed by atoms with van der Waals surface area (Å²) in [5, 5.41) is 0. The Hall–Kier alpha value is -0.860. The van der Waals surface area contributed by atoms with Gasteiger partial charge in [0.05, 0.1) is 0 Å². The van der Waals surface area contributed by atoms with Crippen LogP contribution in [0.15, 0.2) is 18.2 Å². The van der Waals surface area contributed by atoms with Crippen LogP contribution in [0.2, 0.25) is 0 Å². The van der Waals surface area contributed by atoms with Gasteiger partial charge >= 0.3 is 0 Å². The topological polar surface area (TPSA) is 38.0 Å². The van der Waals surface area contributed by atoms with Crippen molar-refractivity contribution in [2.45, 2.75) is 58.9 Å². The Balaban J connectivity index is 2.66. The monoisotopic (exact) mass is 234 g/mol. The highest BCUT2D eigenvalue weighted by Crippen LogP contribution is 2.25. The van der Waals surface area contributed by atoms with Crippen LogP contribution in [0.5, 0.6) is 0 Å². The molecule has 1 rings (SSSR count). The van der Waals surface area contributed by atoms with Gasteiger partial charge in [-0.2, -0.15) is 0 Å². The quantitative estimate of drug-likeness (QED) is 0.428. The molecule has 0 radical (unpaired) electrons. The third kappa shape index (κ3) is 4.14. The van der Waals surface area contributed by atoms with Gasteiger partial charge < -0.3 is 0 Å². The first-order chi connectivity index (χ1) is 8.20. The number of hydrogen-bond acceptors (Lipinski definition) is 2. The van der Waals surface area contributed by atoms with Gasteiger partial charge in [0.2, 0.25) is 0 Å². The minimum absolute atomic E-state index is 0.299. The zero-order chi connectivity index (χ0) is 12.7. The lowest BCUT2D eigenvalue weighted by atomic mass is 9.93. The maximum atomic E-state index is 5.71. The van der Waals surface area contributed by atoms with Crippen molar-refractivity contribution in [2.75, 3.05) is 0 Å². The van der Waals surface area contributed by atoms with E-state index >= 15 is 0 Å². The van der Waals surface area contributed by atoms with Gasteiger partial charge in [0.25, 0.3) is 0 Å². The van der Waals surface area contributed by atoms with Crippen LogP contribution in [0.1, 0.15) is 61.8 Å². The SMILES string of the molecule is CCCCCCC(NN)c1c(C)cccc1C. The van der Waals surface area contributed by atoms with Gasteiger partial charge in [-0.3, -0.25) is 11.3 Å². The van der Waals surface area contributed by atoms with Crippen LogP contribution in [0.3, 0.4) is 0 Å². The first-order valence-electron chi connectivity index (χ1n) is 6.73. The van der Waals surface area contributed by atoms with Crippen LogP contribution < -0.4 is 11.3 Å². The largest absolute Gasteiger partial charge is 0.271 e. The third-order valence-corrected chi connectivity index (χ3v) is 3.44. The highest BCUT2D eigenvalue weighted by molar-refractivity contribution is 5.36. The maximum Gasteiger partial charge on any atom is 0.0465 e.